The number of aliphatic hydroxyl groups is 2. The predicted octanol–water partition coefficient (Wildman–Crippen LogP) is -0.127. The van der Waals surface area contributed by atoms with Crippen LogP contribution < -0.4 is 34.9 Å². The van der Waals surface area contributed by atoms with Crippen molar-refractivity contribution >= 4 is 33.9 Å². The minimum absolute atomic E-state index is 0. The molecule has 1 amide bonds. The maximum absolute atomic E-state index is 12.7. The normalized spacial score (nSPS) is 13.1. The van der Waals surface area contributed by atoms with Crippen LogP contribution in [0, 0.1) is 0 Å². The molecule has 8 nitrogen and oxygen atoms in total. The number of hydrogen-bond acceptors (Lipinski definition) is 5. The maximum Gasteiger partial charge on any atom is 1.00 e. The van der Waals surface area contributed by atoms with Crippen LogP contribution in [0.5, 0.6) is 0 Å². The van der Waals surface area contributed by atoms with Crippen molar-refractivity contribution in [2.24, 2.45) is 0 Å². The van der Waals surface area contributed by atoms with Crippen molar-refractivity contribution in [1.82, 2.24) is 14.9 Å². The summed E-state index contributed by atoms with van der Waals surface area (Å²) in [7, 11) is 0. The average molecular weight is 504 g/mol. The Hall–Kier alpha value is -1.49. The van der Waals surface area contributed by atoms with Gasteiger partial charge in [0.1, 0.15) is 4.60 Å². The van der Waals surface area contributed by atoms with Crippen molar-refractivity contribution in [3.8, 4) is 0 Å². The molecule has 1 heterocycles. The van der Waals surface area contributed by atoms with Crippen LogP contribution in [0.25, 0.3) is 6.08 Å². The molecule has 0 aliphatic rings. The van der Waals surface area contributed by atoms with Crippen LogP contribution in [0.4, 0.5) is 0 Å². The van der Waals surface area contributed by atoms with E-state index in [4.69, 9.17) is 5.11 Å². The summed E-state index contributed by atoms with van der Waals surface area (Å²) in [4.78, 5) is 27.7. The summed E-state index contributed by atoms with van der Waals surface area (Å²) in [5.74, 6) is -1.23. The van der Waals surface area contributed by atoms with E-state index in [9.17, 15) is 19.8 Å². The number of amides is 1. The second-order valence-corrected chi connectivity index (χ2v) is 7.91. The van der Waals surface area contributed by atoms with E-state index in [0.717, 1.165) is 5.56 Å². The molecule has 10 heteroatoms. The van der Waals surface area contributed by atoms with E-state index in [0.29, 0.717) is 16.8 Å². The van der Waals surface area contributed by atoms with Gasteiger partial charge in [0, 0.05) is 19.0 Å². The molecular formula is C21H27BrN3NaO5. The van der Waals surface area contributed by atoms with E-state index in [-0.39, 0.29) is 55.2 Å². The number of halogens is 1. The van der Waals surface area contributed by atoms with Crippen LogP contribution in [0.2, 0.25) is 0 Å². The zero-order valence-corrected chi connectivity index (χ0v) is 21.4. The Bertz CT molecular complexity index is 908. The Labute approximate surface area is 213 Å². The Morgan fingerprint density at radius 3 is 2.48 bits per heavy atom. The molecule has 4 N–H and O–H groups in total. The summed E-state index contributed by atoms with van der Waals surface area (Å²) >= 11 is 3.36. The monoisotopic (exact) mass is 503 g/mol. The summed E-state index contributed by atoms with van der Waals surface area (Å²) in [6.45, 7) is 4.19. The molecule has 0 spiro atoms. The van der Waals surface area contributed by atoms with Gasteiger partial charge in [-0.2, -0.15) is 0 Å². The van der Waals surface area contributed by atoms with E-state index in [1.165, 1.54) is 6.08 Å². The van der Waals surface area contributed by atoms with Crippen LogP contribution in [-0.2, 0) is 11.3 Å². The first kappa shape index (κ1) is 27.5. The molecule has 0 bridgehead atoms. The van der Waals surface area contributed by atoms with Crippen LogP contribution in [0.15, 0.2) is 41.0 Å². The van der Waals surface area contributed by atoms with Gasteiger partial charge in [-0.3, -0.25) is 9.59 Å². The number of carbonyl (C=O) groups excluding carboxylic acids is 1. The van der Waals surface area contributed by atoms with Crippen molar-refractivity contribution < 1.29 is 55.9 Å². The Kier molecular flexibility index (Phi) is 11.7. The van der Waals surface area contributed by atoms with E-state index in [2.05, 4.69) is 26.2 Å². The molecule has 2 atom stereocenters. The molecule has 2 rings (SSSR count). The first-order chi connectivity index (χ1) is 14.2. The second kappa shape index (κ2) is 13.1. The van der Waals surface area contributed by atoms with Crippen molar-refractivity contribution in [2.75, 3.05) is 0 Å². The van der Waals surface area contributed by atoms with Crippen molar-refractivity contribution in [2.45, 2.75) is 51.5 Å². The fraction of sp³-hybridized carbons (Fsp3) is 0.381. The first-order valence-electron chi connectivity index (χ1n) is 9.55. The summed E-state index contributed by atoms with van der Waals surface area (Å²) in [6, 6.07) is 9.44. The van der Waals surface area contributed by atoms with Gasteiger partial charge in [0.15, 0.2) is 0 Å². The van der Waals surface area contributed by atoms with Gasteiger partial charge in [-0.25, -0.2) is 4.98 Å². The quantitative estimate of drug-likeness (QED) is 0.335. The van der Waals surface area contributed by atoms with Crippen molar-refractivity contribution in [3.63, 3.8) is 0 Å². The second-order valence-electron chi connectivity index (χ2n) is 7.16. The Morgan fingerprint density at radius 1 is 1.26 bits per heavy atom. The number of hydrogen-bond donors (Lipinski definition) is 4. The first-order valence-corrected chi connectivity index (χ1v) is 10.3. The largest absolute Gasteiger partial charge is 1.00 e. The van der Waals surface area contributed by atoms with Crippen molar-refractivity contribution in [3.05, 3.63) is 58.1 Å². The molecule has 0 aliphatic heterocycles. The standard InChI is InChI=1S/C21H26BrN3O5.Na.H/c1-13(2)25-17(9-8-15(26)10-16(27)11-18(28)29)19(22)24-20(25)21(30)23-12-14-6-4-3-5-7-14;;/h3-9,13,15-16,26-27H,10-12H2,1-2H3,(H,23,30)(H,28,29);;/q;+1;-1/t15-,16-;;/m1../s1. The molecule has 0 aliphatic carbocycles. The molecule has 0 saturated heterocycles. The predicted molar refractivity (Wildman–Crippen MR) is 117 cm³/mol. The Balaban J connectivity index is 0.00000480. The summed E-state index contributed by atoms with van der Waals surface area (Å²) in [5, 5.41) is 31.3. The van der Waals surface area contributed by atoms with Crippen LogP contribution >= 0.6 is 15.9 Å². The van der Waals surface area contributed by atoms with Gasteiger partial charge in [0.05, 0.1) is 24.3 Å². The van der Waals surface area contributed by atoms with E-state index < -0.39 is 24.6 Å². The zero-order chi connectivity index (χ0) is 22.3. The number of nitrogens with one attached hydrogen (secondary N) is 1. The topological polar surface area (TPSA) is 125 Å². The molecule has 0 unspecified atom stereocenters. The van der Waals surface area contributed by atoms with Crippen LogP contribution in [-0.4, -0.2) is 49.0 Å². The van der Waals surface area contributed by atoms with Crippen LogP contribution in [0.1, 0.15) is 56.0 Å². The van der Waals surface area contributed by atoms with Gasteiger partial charge in [-0.1, -0.05) is 36.4 Å². The fourth-order valence-corrected chi connectivity index (χ4v) is 3.44. The molecule has 2 aromatic rings. The van der Waals surface area contributed by atoms with Gasteiger partial charge < -0.3 is 26.6 Å². The summed E-state index contributed by atoms with van der Waals surface area (Å²) in [5.41, 5.74) is 1.55. The third-order valence-electron chi connectivity index (χ3n) is 4.32. The van der Waals surface area contributed by atoms with E-state index in [1.54, 1.807) is 10.6 Å². The molecule has 1 aromatic heterocycles. The molecule has 0 fully saturated rings. The fourth-order valence-electron chi connectivity index (χ4n) is 2.95. The van der Waals surface area contributed by atoms with Crippen molar-refractivity contribution in [1.29, 1.82) is 0 Å². The number of benzene rings is 1. The number of carboxylic acids is 1. The van der Waals surface area contributed by atoms with Crippen LogP contribution in [0.3, 0.4) is 0 Å². The number of nitrogens with zero attached hydrogens (tertiary/aromatic N) is 2. The van der Waals surface area contributed by atoms with E-state index in [1.807, 2.05) is 44.2 Å². The number of aliphatic hydroxyl groups excluding tert-OH is 2. The van der Waals surface area contributed by atoms with Gasteiger partial charge in [0.2, 0.25) is 5.82 Å². The Morgan fingerprint density at radius 2 is 1.90 bits per heavy atom. The number of aromatic nitrogens is 2. The molecule has 0 radical (unpaired) electrons. The number of carbonyl (C=O) groups is 2. The number of carboxylic acid groups (broad SMARTS) is 1. The molecule has 1 aromatic carbocycles. The molecule has 164 valence electrons. The number of imidazole rings is 1. The minimum atomic E-state index is -1.15. The van der Waals surface area contributed by atoms with Gasteiger partial charge >= 0.3 is 35.5 Å². The average Bonchev–Trinajstić information content (AvgIpc) is 3.01. The molecule has 0 saturated carbocycles. The third kappa shape index (κ3) is 8.51. The van der Waals surface area contributed by atoms with E-state index >= 15 is 0 Å². The minimum Gasteiger partial charge on any atom is -1.00 e. The maximum atomic E-state index is 12.7. The smallest absolute Gasteiger partial charge is 1.00 e. The summed E-state index contributed by atoms with van der Waals surface area (Å²) in [6.07, 6.45) is 0.294. The number of aliphatic carboxylic acids is 1. The summed E-state index contributed by atoms with van der Waals surface area (Å²) < 4.78 is 2.18. The van der Waals surface area contributed by atoms with Gasteiger partial charge in [-0.05, 0) is 41.4 Å². The van der Waals surface area contributed by atoms with Gasteiger partial charge in [-0.15, -0.1) is 0 Å². The SMILES string of the molecule is CC(C)n1c(C(=O)NCc2ccccc2)nc(Br)c1C=C[C@@H](O)C[C@@H](O)CC(=O)O.[H-].[Na+]. The molecule has 31 heavy (non-hydrogen) atoms. The van der Waals surface area contributed by atoms with Gasteiger partial charge in [0.25, 0.3) is 5.91 Å². The number of rotatable bonds is 10. The molecular weight excluding hydrogens is 477 g/mol. The zero-order valence-electron chi connectivity index (χ0n) is 18.8. The third-order valence-corrected chi connectivity index (χ3v) is 4.90.